The Morgan fingerprint density at radius 3 is 2.37 bits per heavy atom. The van der Waals surface area contributed by atoms with Crippen LogP contribution in [0.25, 0.3) is 0 Å². The van der Waals surface area contributed by atoms with Gasteiger partial charge in [0.1, 0.15) is 0 Å². The third-order valence-corrected chi connectivity index (χ3v) is 3.61. The van der Waals surface area contributed by atoms with Gasteiger partial charge in [-0.1, -0.05) is 0 Å². The third kappa shape index (κ3) is 5.19. The van der Waals surface area contributed by atoms with Gasteiger partial charge in [0, 0.05) is 46.1 Å². The molecule has 1 aliphatic rings. The number of carbonyl (C=O) groups is 2. The molecule has 1 saturated heterocycles. The van der Waals surface area contributed by atoms with Crippen molar-refractivity contribution in [1.29, 1.82) is 0 Å². The highest BCUT2D eigenvalue weighted by molar-refractivity contribution is 5.78. The lowest BCUT2D eigenvalue weighted by Gasteiger charge is -2.25. The highest BCUT2D eigenvalue weighted by Crippen LogP contribution is 2.13. The molecule has 1 unspecified atom stereocenters. The number of rotatable bonds is 7. The number of ether oxygens (including phenoxy) is 1. The second kappa shape index (κ2) is 8.15. The maximum absolute atomic E-state index is 11.9. The zero-order valence-corrected chi connectivity index (χ0v) is 12.4. The van der Waals surface area contributed by atoms with Crippen LogP contribution in [0.1, 0.15) is 40.0 Å². The molecule has 1 aliphatic heterocycles. The zero-order chi connectivity index (χ0) is 14.3. The van der Waals surface area contributed by atoms with Gasteiger partial charge in [0.2, 0.25) is 11.8 Å². The lowest BCUT2D eigenvalue weighted by Crippen LogP contribution is -2.39. The van der Waals surface area contributed by atoms with E-state index in [9.17, 15) is 9.59 Å². The minimum absolute atomic E-state index is 0.0165. The van der Waals surface area contributed by atoms with Crippen LogP contribution in [0.5, 0.6) is 0 Å². The highest BCUT2D eigenvalue weighted by atomic mass is 16.5. The van der Waals surface area contributed by atoms with Gasteiger partial charge in [0.05, 0.1) is 6.10 Å². The number of hydrogen-bond acceptors (Lipinski definition) is 3. The fourth-order valence-corrected chi connectivity index (χ4v) is 2.38. The molecule has 0 aliphatic carbocycles. The van der Waals surface area contributed by atoms with E-state index in [1.807, 2.05) is 13.8 Å². The Kier molecular flexibility index (Phi) is 6.84. The van der Waals surface area contributed by atoms with Crippen molar-refractivity contribution in [2.24, 2.45) is 0 Å². The van der Waals surface area contributed by atoms with Gasteiger partial charge in [-0.3, -0.25) is 9.59 Å². The summed E-state index contributed by atoms with van der Waals surface area (Å²) in [6.45, 7) is 8.83. The first kappa shape index (κ1) is 16.0. The molecule has 5 nitrogen and oxygen atoms in total. The Hall–Kier alpha value is -1.10. The van der Waals surface area contributed by atoms with E-state index in [0.29, 0.717) is 19.5 Å². The van der Waals surface area contributed by atoms with Crippen molar-refractivity contribution in [3.63, 3.8) is 0 Å². The first-order valence-corrected chi connectivity index (χ1v) is 7.23. The van der Waals surface area contributed by atoms with E-state index in [1.54, 1.807) is 16.7 Å². The molecule has 0 spiro atoms. The van der Waals surface area contributed by atoms with Crippen LogP contribution in [0.4, 0.5) is 0 Å². The predicted molar refractivity (Wildman–Crippen MR) is 73.8 cm³/mol. The second-order valence-corrected chi connectivity index (χ2v) is 4.92. The summed E-state index contributed by atoms with van der Waals surface area (Å²) in [6, 6.07) is 0. The van der Waals surface area contributed by atoms with Gasteiger partial charge in [0.25, 0.3) is 0 Å². The van der Waals surface area contributed by atoms with Crippen molar-refractivity contribution in [3.8, 4) is 0 Å². The van der Waals surface area contributed by atoms with Crippen LogP contribution in [-0.4, -0.2) is 60.5 Å². The van der Waals surface area contributed by atoms with Crippen LogP contribution < -0.4 is 0 Å². The smallest absolute Gasteiger partial charge is 0.224 e. The summed E-state index contributed by atoms with van der Waals surface area (Å²) in [4.78, 5) is 27.1. The molecule has 110 valence electrons. The molecule has 0 bridgehead atoms. The normalized spacial score (nSPS) is 18.4. The number of hydrogen-bond donors (Lipinski definition) is 0. The van der Waals surface area contributed by atoms with Gasteiger partial charge >= 0.3 is 0 Å². The highest BCUT2D eigenvalue weighted by Gasteiger charge is 2.21. The van der Waals surface area contributed by atoms with Crippen LogP contribution >= 0.6 is 0 Å². The number of amides is 2. The summed E-state index contributed by atoms with van der Waals surface area (Å²) in [5.74, 6) is 0.131. The predicted octanol–water partition coefficient (Wildman–Crippen LogP) is 1.27. The molecule has 0 aromatic rings. The average Bonchev–Trinajstić information content (AvgIpc) is 2.88. The molecular weight excluding hydrogens is 244 g/mol. The van der Waals surface area contributed by atoms with Crippen molar-refractivity contribution in [1.82, 2.24) is 9.80 Å². The van der Waals surface area contributed by atoms with E-state index >= 15 is 0 Å². The van der Waals surface area contributed by atoms with Crippen LogP contribution in [0.2, 0.25) is 0 Å². The topological polar surface area (TPSA) is 49.9 Å². The minimum atomic E-state index is 0.0165. The second-order valence-electron chi connectivity index (χ2n) is 4.92. The molecular formula is C14H26N2O3. The van der Waals surface area contributed by atoms with E-state index < -0.39 is 0 Å². The van der Waals surface area contributed by atoms with E-state index in [1.165, 1.54) is 0 Å². The molecule has 0 saturated carbocycles. The van der Waals surface area contributed by atoms with Crippen LogP contribution in [0.3, 0.4) is 0 Å². The number of nitrogens with zero attached hydrogens (tertiary/aromatic N) is 2. The Bertz CT molecular complexity index is 297. The summed E-state index contributed by atoms with van der Waals surface area (Å²) in [5.41, 5.74) is 0. The van der Waals surface area contributed by atoms with Gasteiger partial charge in [-0.15, -0.1) is 0 Å². The van der Waals surface area contributed by atoms with Gasteiger partial charge in [-0.25, -0.2) is 0 Å². The van der Waals surface area contributed by atoms with Gasteiger partial charge in [0.15, 0.2) is 0 Å². The van der Waals surface area contributed by atoms with E-state index in [-0.39, 0.29) is 17.9 Å². The van der Waals surface area contributed by atoms with Crippen molar-refractivity contribution >= 4 is 11.8 Å². The van der Waals surface area contributed by atoms with Crippen molar-refractivity contribution in [2.45, 2.75) is 46.1 Å². The lowest BCUT2D eigenvalue weighted by atomic mass is 10.2. The summed E-state index contributed by atoms with van der Waals surface area (Å²) in [6.07, 6.45) is 2.61. The van der Waals surface area contributed by atoms with E-state index in [4.69, 9.17) is 4.74 Å². The Labute approximate surface area is 115 Å². The van der Waals surface area contributed by atoms with Crippen molar-refractivity contribution < 1.29 is 14.3 Å². The number of carbonyl (C=O) groups excluding carboxylic acids is 2. The van der Waals surface area contributed by atoms with Gasteiger partial charge < -0.3 is 14.5 Å². The molecule has 1 fully saturated rings. The van der Waals surface area contributed by atoms with Crippen LogP contribution in [0, 0.1) is 0 Å². The standard InChI is InChI=1S/C14H26N2O3/c1-4-15(5-2)14(18)8-9-16(12(3)17)11-13-7-6-10-19-13/h13H,4-11H2,1-3H3. The van der Waals surface area contributed by atoms with Gasteiger partial charge in [-0.05, 0) is 26.7 Å². The molecule has 0 aromatic carbocycles. The fourth-order valence-electron chi connectivity index (χ4n) is 2.38. The molecule has 19 heavy (non-hydrogen) atoms. The van der Waals surface area contributed by atoms with Gasteiger partial charge in [-0.2, -0.15) is 0 Å². The Morgan fingerprint density at radius 2 is 1.89 bits per heavy atom. The van der Waals surface area contributed by atoms with Crippen molar-refractivity contribution in [2.75, 3.05) is 32.8 Å². The third-order valence-electron chi connectivity index (χ3n) is 3.61. The SMILES string of the molecule is CCN(CC)C(=O)CCN(CC1CCCO1)C(C)=O. The monoisotopic (exact) mass is 270 g/mol. The molecule has 2 amide bonds. The van der Waals surface area contributed by atoms with Crippen LogP contribution in [-0.2, 0) is 14.3 Å². The molecule has 1 heterocycles. The summed E-state index contributed by atoms with van der Waals surface area (Å²) >= 11 is 0. The molecule has 5 heteroatoms. The minimum Gasteiger partial charge on any atom is -0.376 e. The van der Waals surface area contributed by atoms with E-state index in [0.717, 1.165) is 32.5 Å². The van der Waals surface area contributed by atoms with E-state index in [2.05, 4.69) is 0 Å². The lowest BCUT2D eigenvalue weighted by molar-refractivity contribution is -0.134. The Balaban J connectivity index is 2.40. The van der Waals surface area contributed by atoms with Crippen molar-refractivity contribution in [3.05, 3.63) is 0 Å². The molecule has 0 radical (unpaired) electrons. The molecule has 1 rings (SSSR count). The average molecular weight is 270 g/mol. The molecule has 1 atom stereocenters. The quantitative estimate of drug-likeness (QED) is 0.700. The molecule has 0 aromatic heterocycles. The summed E-state index contributed by atoms with van der Waals surface area (Å²) in [5, 5.41) is 0. The first-order valence-electron chi connectivity index (χ1n) is 7.23. The first-order chi connectivity index (χ1) is 9.08. The Morgan fingerprint density at radius 1 is 1.21 bits per heavy atom. The summed E-state index contributed by atoms with van der Waals surface area (Å²) in [7, 11) is 0. The molecule has 0 N–H and O–H groups in total. The fraction of sp³-hybridized carbons (Fsp3) is 0.857. The maximum Gasteiger partial charge on any atom is 0.224 e. The maximum atomic E-state index is 11.9. The zero-order valence-electron chi connectivity index (χ0n) is 12.4. The summed E-state index contributed by atoms with van der Waals surface area (Å²) < 4.78 is 5.54. The van der Waals surface area contributed by atoms with Crippen LogP contribution in [0.15, 0.2) is 0 Å². The largest absolute Gasteiger partial charge is 0.376 e.